The normalized spacial score (nSPS) is 10.1. The average Bonchev–Trinajstić information content (AvgIpc) is 2.60. The highest BCUT2D eigenvalue weighted by atomic mass is 19.1. The van der Waals surface area contributed by atoms with Gasteiger partial charge in [0.05, 0.1) is 13.7 Å². The number of aromatic nitrogens is 1. The standard InChI is InChI=1S/C16H16FN3O4/c1-23-15-12(24-9-10-2-4-11(17)5-3-10)6-7-19-14(15)16(22)20-13(21)8-18/h2-7H,8-9,18H2,1H3,(H,20,21,22). The number of carbonyl (C=O) groups excluding carboxylic acids is 2. The summed E-state index contributed by atoms with van der Waals surface area (Å²) in [6, 6.07) is 7.32. The molecule has 3 N–H and O–H groups in total. The Morgan fingerprint density at radius 1 is 1.25 bits per heavy atom. The quantitative estimate of drug-likeness (QED) is 0.818. The molecule has 2 aromatic rings. The molecule has 126 valence electrons. The number of hydrogen-bond acceptors (Lipinski definition) is 6. The number of benzene rings is 1. The van der Waals surface area contributed by atoms with Crippen LogP contribution in [0.3, 0.4) is 0 Å². The number of pyridine rings is 1. The van der Waals surface area contributed by atoms with Crippen LogP contribution in [-0.4, -0.2) is 30.5 Å². The molecule has 0 saturated heterocycles. The van der Waals surface area contributed by atoms with Gasteiger partial charge in [-0.3, -0.25) is 14.9 Å². The van der Waals surface area contributed by atoms with Gasteiger partial charge in [0.2, 0.25) is 5.91 Å². The van der Waals surface area contributed by atoms with Gasteiger partial charge in [0, 0.05) is 12.3 Å². The molecular weight excluding hydrogens is 317 g/mol. The zero-order chi connectivity index (χ0) is 17.5. The first-order valence-corrected chi connectivity index (χ1v) is 6.99. The maximum absolute atomic E-state index is 12.9. The van der Waals surface area contributed by atoms with Crippen LogP contribution in [0.4, 0.5) is 4.39 Å². The lowest BCUT2D eigenvalue weighted by atomic mass is 10.2. The SMILES string of the molecule is COc1c(OCc2ccc(F)cc2)ccnc1C(=O)NC(=O)CN. The van der Waals surface area contributed by atoms with Crippen LogP contribution in [0, 0.1) is 5.82 Å². The molecule has 0 aliphatic heterocycles. The highest BCUT2D eigenvalue weighted by Gasteiger charge is 2.20. The maximum Gasteiger partial charge on any atom is 0.280 e. The van der Waals surface area contributed by atoms with Crippen LogP contribution in [0.15, 0.2) is 36.5 Å². The fourth-order valence-electron chi connectivity index (χ4n) is 1.88. The van der Waals surface area contributed by atoms with Crippen LogP contribution in [0.2, 0.25) is 0 Å². The van der Waals surface area contributed by atoms with Crippen LogP contribution in [0.25, 0.3) is 0 Å². The van der Waals surface area contributed by atoms with Gasteiger partial charge in [-0.15, -0.1) is 0 Å². The lowest BCUT2D eigenvalue weighted by Gasteiger charge is -2.13. The molecule has 1 heterocycles. The molecule has 2 amide bonds. The van der Waals surface area contributed by atoms with Gasteiger partial charge < -0.3 is 15.2 Å². The zero-order valence-corrected chi connectivity index (χ0v) is 12.9. The molecule has 0 unspecified atom stereocenters. The van der Waals surface area contributed by atoms with Gasteiger partial charge in [0.1, 0.15) is 12.4 Å². The molecule has 7 nitrogen and oxygen atoms in total. The second kappa shape index (κ2) is 8.02. The Morgan fingerprint density at radius 2 is 1.96 bits per heavy atom. The molecule has 0 fully saturated rings. The van der Waals surface area contributed by atoms with Crippen molar-refractivity contribution in [1.29, 1.82) is 0 Å². The van der Waals surface area contributed by atoms with E-state index in [1.165, 1.54) is 31.5 Å². The topological polar surface area (TPSA) is 104 Å². The van der Waals surface area contributed by atoms with Gasteiger partial charge in [0.25, 0.3) is 5.91 Å². The number of hydrogen-bond donors (Lipinski definition) is 2. The van der Waals surface area contributed by atoms with Gasteiger partial charge in [0.15, 0.2) is 17.2 Å². The van der Waals surface area contributed by atoms with Crippen LogP contribution in [0.5, 0.6) is 11.5 Å². The fraction of sp³-hybridized carbons (Fsp3) is 0.188. The van der Waals surface area contributed by atoms with Gasteiger partial charge in [-0.25, -0.2) is 9.37 Å². The molecule has 0 spiro atoms. The molecule has 1 aromatic carbocycles. The Morgan fingerprint density at radius 3 is 2.58 bits per heavy atom. The maximum atomic E-state index is 12.9. The summed E-state index contributed by atoms with van der Waals surface area (Å²) in [6.45, 7) is -0.182. The third-order valence-corrected chi connectivity index (χ3v) is 3.03. The van der Waals surface area contributed by atoms with Crippen molar-refractivity contribution in [3.05, 3.63) is 53.6 Å². The Kier molecular flexibility index (Phi) is 5.80. The largest absolute Gasteiger partial charge is 0.491 e. The lowest BCUT2D eigenvalue weighted by Crippen LogP contribution is -2.36. The first-order chi connectivity index (χ1) is 11.5. The van der Waals surface area contributed by atoms with Crippen molar-refractivity contribution in [1.82, 2.24) is 10.3 Å². The third kappa shape index (κ3) is 4.26. The summed E-state index contributed by atoms with van der Waals surface area (Å²) < 4.78 is 23.7. The van der Waals surface area contributed by atoms with Crippen LogP contribution in [-0.2, 0) is 11.4 Å². The summed E-state index contributed by atoms with van der Waals surface area (Å²) in [7, 11) is 1.35. The van der Waals surface area contributed by atoms with E-state index in [9.17, 15) is 14.0 Å². The molecule has 0 aliphatic rings. The summed E-state index contributed by atoms with van der Waals surface area (Å²) in [4.78, 5) is 27.2. The first-order valence-electron chi connectivity index (χ1n) is 6.99. The Labute approximate surface area is 137 Å². The molecule has 0 aliphatic carbocycles. The van der Waals surface area contributed by atoms with Crippen molar-refractivity contribution in [3.63, 3.8) is 0 Å². The number of halogens is 1. The zero-order valence-electron chi connectivity index (χ0n) is 12.9. The van der Waals surface area contributed by atoms with Gasteiger partial charge in [-0.1, -0.05) is 12.1 Å². The number of nitrogens with one attached hydrogen (secondary N) is 1. The van der Waals surface area contributed by atoms with Crippen molar-refractivity contribution >= 4 is 11.8 Å². The minimum atomic E-state index is -0.741. The molecule has 8 heteroatoms. The first kappa shape index (κ1) is 17.4. The number of carbonyl (C=O) groups is 2. The number of imide groups is 1. The fourth-order valence-corrected chi connectivity index (χ4v) is 1.88. The minimum absolute atomic E-state index is 0.0851. The summed E-state index contributed by atoms with van der Waals surface area (Å²) in [5.74, 6) is -1.37. The predicted octanol–water partition coefficient (Wildman–Crippen LogP) is 1.02. The molecule has 1 aromatic heterocycles. The molecule has 24 heavy (non-hydrogen) atoms. The van der Waals surface area contributed by atoms with Gasteiger partial charge >= 0.3 is 0 Å². The molecule has 0 saturated carbocycles. The summed E-state index contributed by atoms with van der Waals surface area (Å²) >= 11 is 0. The number of nitrogens with zero attached hydrogens (tertiary/aromatic N) is 1. The number of amides is 2. The van der Waals surface area contributed by atoms with E-state index in [-0.39, 0.29) is 36.2 Å². The van der Waals surface area contributed by atoms with E-state index in [0.29, 0.717) is 0 Å². The molecule has 2 rings (SSSR count). The van der Waals surface area contributed by atoms with Crippen molar-refractivity contribution < 1.29 is 23.5 Å². The van der Waals surface area contributed by atoms with Crippen molar-refractivity contribution in [2.75, 3.05) is 13.7 Å². The van der Waals surface area contributed by atoms with Gasteiger partial charge in [-0.05, 0) is 17.7 Å². The second-order valence-corrected chi connectivity index (χ2v) is 4.69. The Balaban J connectivity index is 2.18. The number of rotatable bonds is 6. The minimum Gasteiger partial charge on any atom is -0.491 e. The average molecular weight is 333 g/mol. The second-order valence-electron chi connectivity index (χ2n) is 4.69. The predicted molar refractivity (Wildman–Crippen MR) is 83.0 cm³/mol. The van der Waals surface area contributed by atoms with Crippen molar-refractivity contribution in [3.8, 4) is 11.5 Å². The third-order valence-electron chi connectivity index (χ3n) is 3.03. The highest BCUT2D eigenvalue weighted by molar-refractivity contribution is 6.05. The summed E-state index contributed by atoms with van der Waals surface area (Å²) in [5.41, 5.74) is 5.79. The lowest BCUT2D eigenvalue weighted by molar-refractivity contribution is -0.118. The molecule has 0 radical (unpaired) electrons. The van der Waals surface area contributed by atoms with E-state index < -0.39 is 11.8 Å². The van der Waals surface area contributed by atoms with Crippen molar-refractivity contribution in [2.45, 2.75) is 6.61 Å². The summed E-state index contributed by atoms with van der Waals surface area (Å²) in [5, 5.41) is 2.09. The number of nitrogens with two attached hydrogens (primary N) is 1. The molecule has 0 atom stereocenters. The summed E-state index contributed by atoms with van der Waals surface area (Å²) in [6.07, 6.45) is 1.35. The monoisotopic (exact) mass is 333 g/mol. The van der Waals surface area contributed by atoms with E-state index >= 15 is 0 Å². The van der Waals surface area contributed by atoms with Gasteiger partial charge in [-0.2, -0.15) is 0 Å². The van der Waals surface area contributed by atoms with E-state index in [2.05, 4.69) is 10.3 Å². The molecule has 0 bridgehead atoms. The van der Waals surface area contributed by atoms with Crippen LogP contribution in [0.1, 0.15) is 16.1 Å². The Hall–Kier alpha value is -3.00. The number of methoxy groups -OCH3 is 1. The van der Waals surface area contributed by atoms with Crippen molar-refractivity contribution in [2.24, 2.45) is 5.73 Å². The highest BCUT2D eigenvalue weighted by Crippen LogP contribution is 2.30. The molecular formula is C16H16FN3O4. The van der Waals surface area contributed by atoms with E-state index in [0.717, 1.165) is 5.56 Å². The van der Waals surface area contributed by atoms with E-state index in [4.69, 9.17) is 15.2 Å². The van der Waals surface area contributed by atoms with Crippen LogP contribution < -0.4 is 20.5 Å². The van der Waals surface area contributed by atoms with E-state index in [1.807, 2.05) is 0 Å². The van der Waals surface area contributed by atoms with E-state index in [1.54, 1.807) is 12.1 Å². The van der Waals surface area contributed by atoms with Crippen LogP contribution >= 0.6 is 0 Å². The smallest absolute Gasteiger partial charge is 0.280 e. The number of ether oxygens (including phenoxy) is 2. The Bertz CT molecular complexity index is 735.